The fourth-order valence-corrected chi connectivity index (χ4v) is 2.58. The normalized spacial score (nSPS) is 16.6. The Bertz CT molecular complexity index is 628. The molecule has 1 aliphatic rings. The smallest absolute Gasteiger partial charge is 0.238 e. The van der Waals surface area contributed by atoms with Crippen LogP contribution in [-0.4, -0.2) is 35.4 Å². The summed E-state index contributed by atoms with van der Waals surface area (Å²) in [6, 6.07) is 2.47. The van der Waals surface area contributed by atoms with Crippen LogP contribution in [0.25, 0.3) is 0 Å². The summed E-state index contributed by atoms with van der Waals surface area (Å²) >= 11 is 7.10. The van der Waals surface area contributed by atoms with E-state index in [1.54, 1.807) is 7.05 Å². The van der Waals surface area contributed by atoms with E-state index < -0.39 is 5.82 Å². The quantitative estimate of drug-likeness (QED) is 0.806. The number of terminal acetylenes is 1. The third-order valence-electron chi connectivity index (χ3n) is 2.51. The summed E-state index contributed by atoms with van der Waals surface area (Å²) in [6.45, 7) is 0.0223. The number of hydrogen-bond donors (Lipinski definition) is 0. The molecule has 1 aromatic rings. The van der Waals surface area contributed by atoms with E-state index in [1.807, 2.05) is 0 Å². The van der Waals surface area contributed by atoms with Gasteiger partial charge in [0, 0.05) is 13.1 Å². The molecule has 0 atom stereocenters. The summed E-state index contributed by atoms with van der Waals surface area (Å²) < 4.78 is 19.0. The number of nitrogens with zero attached hydrogens (tertiary/aromatic N) is 2. The average molecular weight is 313 g/mol. The predicted octanol–water partition coefficient (Wildman–Crippen LogP) is 2.68. The van der Waals surface area contributed by atoms with Crippen LogP contribution >= 0.6 is 23.4 Å². The molecule has 0 saturated carbocycles. The molecule has 20 heavy (non-hydrogen) atoms. The predicted molar refractivity (Wildman–Crippen MR) is 78.1 cm³/mol. The van der Waals surface area contributed by atoms with Gasteiger partial charge in [0.1, 0.15) is 18.0 Å². The van der Waals surface area contributed by atoms with Gasteiger partial charge in [-0.25, -0.2) is 9.38 Å². The second-order valence-electron chi connectivity index (χ2n) is 3.86. The fraction of sp³-hybridized carbons (Fsp3) is 0.231. The molecule has 0 radical (unpaired) electrons. The minimum absolute atomic E-state index is 0.0223. The van der Waals surface area contributed by atoms with Gasteiger partial charge >= 0.3 is 0 Å². The fourth-order valence-electron chi connectivity index (χ4n) is 1.47. The molecule has 1 saturated heterocycles. The van der Waals surface area contributed by atoms with Crippen molar-refractivity contribution in [1.82, 2.24) is 4.90 Å². The van der Waals surface area contributed by atoms with Gasteiger partial charge in [0.05, 0.1) is 10.8 Å². The van der Waals surface area contributed by atoms with E-state index in [0.717, 1.165) is 6.07 Å². The number of ether oxygens (including phenoxy) is 1. The molecule has 2 rings (SSSR count). The van der Waals surface area contributed by atoms with E-state index in [4.69, 9.17) is 22.8 Å². The van der Waals surface area contributed by atoms with Crippen LogP contribution < -0.4 is 4.74 Å². The molecule has 1 amide bonds. The van der Waals surface area contributed by atoms with Gasteiger partial charge < -0.3 is 4.74 Å². The van der Waals surface area contributed by atoms with Crippen LogP contribution in [0.4, 0.5) is 10.1 Å². The van der Waals surface area contributed by atoms with Crippen LogP contribution in [-0.2, 0) is 4.79 Å². The lowest BCUT2D eigenvalue weighted by Crippen LogP contribution is -2.24. The molecule has 1 aliphatic heterocycles. The zero-order valence-electron chi connectivity index (χ0n) is 10.5. The molecule has 0 aliphatic carbocycles. The number of amidine groups is 1. The van der Waals surface area contributed by atoms with Gasteiger partial charge in [-0.15, -0.1) is 6.42 Å². The molecule has 0 N–H and O–H groups in total. The summed E-state index contributed by atoms with van der Waals surface area (Å²) in [5.74, 6) is 2.17. The van der Waals surface area contributed by atoms with Gasteiger partial charge in [-0.1, -0.05) is 29.3 Å². The van der Waals surface area contributed by atoms with Gasteiger partial charge in [0.15, 0.2) is 11.0 Å². The first-order chi connectivity index (χ1) is 9.52. The number of halogens is 2. The summed E-state index contributed by atoms with van der Waals surface area (Å²) in [6.07, 6.45) is 5.09. The van der Waals surface area contributed by atoms with Crippen molar-refractivity contribution in [3.05, 3.63) is 23.0 Å². The molecular formula is C13H10ClFN2O2S. The highest BCUT2D eigenvalue weighted by Gasteiger charge is 2.24. The number of carbonyl (C=O) groups is 1. The van der Waals surface area contributed by atoms with Crippen molar-refractivity contribution < 1.29 is 13.9 Å². The maximum absolute atomic E-state index is 13.8. The summed E-state index contributed by atoms with van der Waals surface area (Å²) in [7, 11) is 1.59. The largest absolute Gasteiger partial charge is 0.479 e. The lowest BCUT2D eigenvalue weighted by Gasteiger charge is -2.10. The molecule has 0 spiro atoms. The van der Waals surface area contributed by atoms with Crippen LogP contribution in [0.3, 0.4) is 0 Å². The van der Waals surface area contributed by atoms with Crippen molar-refractivity contribution in [1.29, 1.82) is 0 Å². The Kier molecular flexibility index (Phi) is 4.53. The maximum atomic E-state index is 13.8. The Labute approximate surface area is 125 Å². The molecule has 0 bridgehead atoms. The number of rotatable bonds is 3. The molecule has 1 aromatic carbocycles. The minimum Gasteiger partial charge on any atom is -0.479 e. The zero-order valence-corrected chi connectivity index (χ0v) is 12.1. The van der Waals surface area contributed by atoms with Gasteiger partial charge in [-0.05, 0) is 6.07 Å². The Morgan fingerprint density at radius 1 is 1.65 bits per heavy atom. The molecular weight excluding hydrogens is 303 g/mol. The third kappa shape index (κ3) is 3.06. The van der Waals surface area contributed by atoms with Gasteiger partial charge in [-0.2, -0.15) is 0 Å². The van der Waals surface area contributed by atoms with E-state index in [2.05, 4.69) is 10.9 Å². The monoisotopic (exact) mass is 312 g/mol. The third-order valence-corrected chi connectivity index (χ3v) is 3.82. The van der Waals surface area contributed by atoms with E-state index in [9.17, 15) is 9.18 Å². The van der Waals surface area contributed by atoms with Gasteiger partial charge in [0.2, 0.25) is 5.91 Å². The average Bonchev–Trinajstić information content (AvgIpc) is 2.72. The molecule has 1 fully saturated rings. The number of carbonyl (C=O) groups excluding carboxylic acids is 1. The first kappa shape index (κ1) is 14.7. The summed E-state index contributed by atoms with van der Waals surface area (Å²) in [5.41, 5.74) is 0.0467. The van der Waals surface area contributed by atoms with Gasteiger partial charge in [-0.3, -0.25) is 9.69 Å². The van der Waals surface area contributed by atoms with Gasteiger partial charge in [0.25, 0.3) is 0 Å². The Morgan fingerprint density at radius 3 is 3.00 bits per heavy atom. The van der Waals surface area contributed by atoms with E-state index in [0.29, 0.717) is 10.9 Å². The molecule has 0 aromatic heterocycles. The first-order valence-corrected chi connectivity index (χ1v) is 6.92. The highest BCUT2D eigenvalue weighted by atomic mass is 35.5. The van der Waals surface area contributed by atoms with Crippen molar-refractivity contribution in [3.63, 3.8) is 0 Å². The number of benzene rings is 1. The van der Waals surface area contributed by atoms with Crippen molar-refractivity contribution >= 4 is 40.1 Å². The molecule has 7 heteroatoms. The van der Waals surface area contributed by atoms with Crippen molar-refractivity contribution in [2.24, 2.45) is 4.99 Å². The van der Waals surface area contributed by atoms with E-state index in [-0.39, 0.29) is 29.0 Å². The second kappa shape index (κ2) is 6.16. The lowest BCUT2D eigenvalue weighted by atomic mass is 10.3. The van der Waals surface area contributed by atoms with Crippen LogP contribution in [0.5, 0.6) is 5.75 Å². The van der Waals surface area contributed by atoms with Crippen molar-refractivity contribution in [2.75, 3.05) is 19.4 Å². The number of amides is 1. The molecule has 4 nitrogen and oxygen atoms in total. The molecule has 0 unspecified atom stereocenters. The van der Waals surface area contributed by atoms with Crippen molar-refractivity contribution in [2.45, 2.75) is 0 Å². The van der Waals surface area contributed by atoms with E-state index >= 15 is 0 Å². The highest BCUT2D eigenvalue weighted by Crippen LogP contribution is 2.33. The maximum Gasteiger partial charge on any atom is 0.238 e. The Balaban J connectivity index is 2.34. The molecule has 1 heterocycles. The lowest BCUT2D eigenvalue weighted by molar-refractivity contribution is -0.123. The molecule has 104 valence electrons. The first-order valence-electron chi connectivity index (χ1n) is 5.56. The topological polar surface area (TPSA) is 41.9 Å². The van der Waals surface area contributed by atoms with E-state index in [1.165, 1.54) is 22.7 Å². The zero-order chi connectivity index (χ0) is 14.7. The van der Waals surface area contributed by atoms with Crippen molar-refractivity contribution in [3.8, 4) is 18.1 Å². The minimum atomic E-state index is -0.594. The summed E-state index contributed by atoms with van der Waals surface area (Å²) in [4.78, 5) is 16.9. The number of aliphatic imine (C=N–C) groups is 1. The standard InChI is InChI=1S/C13H10ClFN2O2S/c1-3-4-19-11-6-10(9(15)5-8(11)14)16-13-17(2)12(18)7-20-13/h1,5-6H,4,7H2,2H3. The van der Waals surface area contributed by atoms with Crippen LogP contribution in [0.15, 0.2) is 17.1 Å². The van der Waals surface area contributed by atoms with Crippen LogP contribution in [0, 0.1) is 18.2 Å². The highest BCUT2D eigenvalue weighted by molar-refractivity contribution is 8.15. The Hall–Kier alpha value is -1.71. The second-order valence-corrected chi connectivity index (χ2v) is 5.21. The van der Waals surface area contributed by atoms with Crippen LogP contribution in [0.2, 0.25) is 5.02 Å². The Morgan fingerprint density at radius 2 is 2.40 bits per heavy atom. The number of thioether (sulfide) groups is 1. The van der Waals surface area contributed by atoms with Crippen LogP contribution in [0.1, 0.15) is 0 Å². The summed E-state index contributed by atoms with van der Waals surface area (Å²) in [5, 5.41) is 0.546. The SMILES string of the molecule is C#CCOc1cc(N=C2SCC(=O)N2C)c(F)cc1Cl. The number of hydrogen-bond acceptors (Lipinski definition) is 4.